The third-order valence-electron chi connectivity index (χ3n) is 1.70. The summed E-state index contributed by atoms with van der Waals surface area (Å²) in [5.74, 6) is -0.476. The molecule has 2 aromatic rings. The van der Waals surface area contributed by atoms with Gasteiger partial charge in [0, 0.05) is 5.69 Å². The molecule has 0 saturated carbocycles. The molecule has 0 aliphatic rings. The van der Waals surface area contributed by atoms with Gasteiger partial charge in [-0.15, -0.1) is 0 Å². The van der Waals surface area contributed by atoms with Crippen LogP contribution in [-0.2, 0) is 0 Å². The lowest BCUT2D eigenvalue weighted by molar-refractivity contribution is 0.325. The van der Waals surface area contributed by atoms with Crippen molar-refractivity contribution in [1.82, 2.24) is 4.98 Å². The Balaban J connectivity index is 2.54. The van der Waals surface area contributed by atoms with E-state index in [9.17, 15) is 4.79 Å². The first kappa shape index (κ1) is 7.88. The van der Waals surface area contributed by atoms with Gasteiger partial charge in [0.1, 0.15) is 6.73 Å². The third-order valence-corrected chi connectivity index (χ3v) is 1.70. The molecule has 0 saturated heterocycles. The molecule has 0 aliphatic carbocycles. The van der Waals surface area contributed by atoms with Crippen molar-refractivity contribution >= 4 is 16.8 Å². The zero-order valence-corrected chi connectivity index (χ0v) is 6.70. The fourth-order valence-corrected chi connectivity index (χ4v) is 1.15. The number of benzene rings is 1. The molecule has 0 fully saturated rings. The minimum atomic E-state index is -0.476. The van der Waals surface area contributed by atoms with E-state index < -0.39 is 5.76 Å². The number of aliphatic hydroxyl groups is 1. The number of aromatic amines is 1. The monoisotopic (exact) mass is 180 g/mol. The van der Waals surface area contributed by atoms with Crippen molar-refractivity contribution in [3.05, 3.63) is 28.7 Å². The van der Waals surface area contributed by atoms with E-state index in [0.29, 0.717) is 11.1 Å². The van der Waals surface area contributed by atoms with Crippen LogP contribution in [0.15, 0.2) is 27.4 Å². The number of hydrogen-bond donors (Lipinski definition) is 3. The Kier molecular flexibility index (Phi) is 1.79. The molecule has 1 aromatic heterocycles. The molecule has 1 heterocycles. The molecule has 0 amide bonds. The summed E-state index contributed by atoms with van der Waals surface area (Å²) in [6.07, 6.45) is 0. The summed E-state index contributed by atoms with van der Waals surface area (Å²) in [5, 5.41) is 11.3. The molecular formula is C8H8N2O3. The number of aromatic nitrogens is 1. The first-order valence-corrected chi connectivity index (χ1v) is 3.77. The summed E-state index contributed by atoms with van der Waals surface area (Å²) < 4.78 is 4.80. The fraction of sp³-hybridized carbons (Fsp3) is 0.125. The first-order chi connectivity index (χ1) is 6.29. The number of H-pyrrole nitrogens is 1. The highest BCUT2D eigenvalue weighted by molar-refractivity contribution is 5.76. The number of oxazole rings is 1. The van der Waals surface area contributed by atoms with E-state index in [1.807, 2.05) is 0 Å². The molecular weight excluding hydrogens is 172 g/mol. The number of hydrogen-bond acceptors (Lipinski definition) is 4. The number of aliphatic hydroxyl groups excluding tert-OH is 1. The molecule has 3 N–H and O–H groups in total. The SMILES string of the molecule is O=c1[nH]c2cc(NCO)ccc2o1. The average molecular weight is 180 g/mol. The molecule has 0 bridgehead atoms. The van der Waals surface area contributed by atoms with E-state index in [4.69, 9.17) is 9.52 Å². The van der Waals surface area contributed by atoms with Crippen molar-refractivity contribution in [3.63, 3.8) is 0 Å². The summed E-state index contributed by atoms with van der Waals surface area (Å²) >= 11 is 0. The van der Waals surface area contributed by atoms with E-state index >= 15 is 0 Å². The topological polar surface area (TPSA) is 78.3 Å². The summed E-state index contributed by atoms with van der Waals surface area (Å²) in [7, 11) is 0. The zero-order chi connectivity index (χ0) is 9.26. The van der Waals surface area contributed by atoms with Gasteiger partial charge in [0.15, 0.2) is 5.58 Å². The van der Waals surface area contributed by atoms with Crippen LogP contribution < -0.4 is 11.1 Å². The molecule has 1 aromatic carbocycles. The van der Waals surface area contributed by atoms with Gasteiger partial charge in [0.2, 0.25) is 0 Å². The van der Waals surface area contributed by atoms with Crippen molar-refractivity contribution in [2.45, 2.75) is 0 Å². The Morgan fingerprint density at radius 3 is 3.15 bits per heavy atom. The van der Waals surface area contributed by atoms with Gasteiger partial charge in [0.05, 0.1) is 5.52 Å². The minimum absolute atomic E-state index is 0.145. The standard InChI is InChI=1S/C8H8N2O3/c11-4-9-5-1-2-7-6(3-5)10-8(12)13-7/h1-3,9,11H,4H2,(H,10,12). The summed E-state index contributed by atoms with van der Waals surface area (Å²) in [6, 6.07) is 5.07. The second kappa shape index (κ2) is 2.95. The Labute approximate surface area is 73.0 Å². The van der Waals surface area contributed by atoms with Crippen molar-refractivity contribution in [3.8, 4) is 0 Å². The number of nitrogens with one attached hydrogen (secondary N) is 2. The van der Waals surface area contributed by atoms with Gasteiger partial charge in [-0.1, -0.05) is 0 Å². The highest BCUT2D eigenvalue weighted by atomic mass is 16.4. The van der Waals surface area contributed by atoms with Gasteiger partial charge in [-0.05, 0) is 18.2 Å². The van der Waals surface area contributed by atoms with Crippen molar-refractivity contribution in [2.75, 3.05) is 12.0 Å². The Hall–Kier alpha value is -1.75. The van der Waals surface area contributed by atoms with Crippen LogP contribution in [0, 0.1) is 0 Å². The van der Waals surface area contributed by atoms with Gasteiger partial charge >= 0.3 is 5.76 Å². The second-order valence-electron chi connectivity index (χ2n) is 2.56. The van der Waals surface area contributed by atoms with Crippen molar-refractivity contribution in [1.29, 1.82) is 0 Å². The van der Waals surface area contributed by atoms with Crippen LogP contribution in [0.2, 0.25) is 0 Å². The molecule has 0 spiro atoms. The maximum atomic E-state index is 10.8. The highest BCUT2D eigenvalue weighted by Gasteiger charge is 2.00. The number of fused-ring (bicyclic) bond motifs is 1. The van der Waals surface area contributed by atoms with E-state index in [1.54, 1.807) is 18.2 Å². The van der Waals surface area contributed by atoms with Crippen LogP contribution in [0.1, 0.15) is 0 Å². The highest BCUT2D eigenvalue weighted by Crippen LogP contribution is 2.15. The predicted molar refractivity (Wildman–Crippen MR) is 47.5 cm³/mol. The van der Waals surface area contributed by atoms with Gasteiger partial charge in [-0.25, -0.2) is 4.79 Å². The van der Waals surface area contributed by atoms with Crippen LogP contribution in [0.5, 0.6) is 0 Å². The molecule has 5 nitrogen and oxygen atoms in total. The molecule has 0 radical (unpaired) electrons. The molecule has 68 valence electrons. The van der Waals surface area contributed by atoms with Crippen molar-refractivity contribution < 1.29 is 9.52 Å². The summed E-state index contributed by atoms with van der Waals surface area (Å²) in [5.41, 5.74) is 1.85. The molecule has 0 atom stereocenters. The van der Waals surface area contributed by atoms with E-state index in [-0.39, 0.29) is 6.73 Å². The van der Waals surface area contributed by atoms with Crippen LogP contribution in [0.4, 0.5) is 5.69 Å². The third kappa shape index (κ3) is 1.41. The Morgan fingerprint density at radius 2 is 2.38 bits per heavy atom. The Bertz CT molecular complexity index is 471. The Morgan fingerprint density at radius 1 is 1.54 bits per heavy atom. The van der Waals surface area contributed by atoms with Gasteiger partial charge in [-0.3, -0.25) is 4.98 Å². The molecule has 0 aliphatic heterocycles. The molecule has 13 heavy (non-hydrogen) atoms. The number of rotatable bonds is 2. The lowest BCUT2D eigenvalue weighted by Crippen LogP contribution is -1.98. The average Bonchev–Trinajstić information content (AvgIpc) is 2.44. The van der Waals surface area contributed by atoms with Crippen LogP contribution in [0.25, 0.3) is 11.1 Å². The van der Waals surface area contributed by atoms with E-state index in [0.717, 1.165) is 5.69 Å². The number of anilines is 1. The minimum Gasteiger partial charge on any atom is -0.408 e. The van der Waals surface area contributed by atoms with Crippen LogP contribution in [-0.4, -0.2) is 16.8 Å². The van der Waals surface area contributed by atoms with Gasteiger partial charge in [-0.2, -0.15) is 0 Å². The van der Waals surface area contributed by atoms with Gasteiger partial charge in [0.25, 0.3) is 0 Å². The summed E-state index contributed by atoms with van der Waals surface area (Å²) in [4.78, 5) is 13.3. The fourth-order valence-electron chi connectivity index (χ4n) is 1.15. The maximum Gasteiger partial charge on any atom is 0.417 e. The maximum absolute atomic E-state index is 10.8. The van der Waals surface area contributed by atoms with Gasteiger partial charge < -0.3 is 14.8 Å². The smallest absolute Gasteiger partial charge is 0.408 e. The summed E-state index contributed by atoms with van der Waals surface area (Å²) in [6.45, 7) is -0.145. The lowest BCUT2D eigenvalue weighted by Gasteiger charge is -1.99. The van der Waals surface area contributed by atoms with Crippen LogP contribution >= 0.6 is 0 Å². The van der Waals surface area contributed by atoms with E-state index in [1.165, 1.54) is 0 Å². The molecule has 2 rings (SSSR count). The molecule has 5 heteroatoms. The normalized spacial score (nSPS) is 10.5. The van der Waals surface area contributed by atoms with Crippen molar-refractivity contribution in [2.24, 2.45) is 0 Å². The van der Waals surface area contributed by atoms with E-state index in [2.05, 4.69) is 10.3 Å². The lowest BCUT2D eigenvalue weighted by atomic mass is 10.3. The van der Waals surface area contributed by atoms with Crippen LogP contribution in [0.3, 0.4) is 0 Å². The molecule has 0 unspecified atom stereocenters. The first-order valence-electron chi connectivity index (χ1n) is 3.77. The largest absolute Gasteiger partial charge is 0.417 e. The zero-order valence-electron chi connectivity index (χ0n) is 6.70. The second-order valence-corrected chi connectivity index (χ2v) is 2.56. The predicted octanol–water partition coefficient (Wildman–Crippen LogP) is 0.483. The quantitative estimate of drug-likeness (QED) is 0.587.